The third-order valence-corrected chi connectivity index (χ3v) is 8.42. The van der Waals surface area contributed by atoms with Crippen LogP contribution in [0.5, 0.6) is 0 Å². The maximum Gasteiger partial charge on any atom is 0.227 e. The van der Waals surface area contributed by atoms with E-state index in [1.807, 2.05) is 13.1 Å². The van der Waals surface area contributed by atoms with Crippen molar-refractivity contribution in [1.29, 1.82) is 0 Å². The number of likely N-dealkylation sites (tertiary alicyclic amines) is 1. The molecule has 3 aliphatic heterocycles. The number of benzene rings is 1. The molecule has 0 radical (unpaired) electrons. The molecule has 1 saturated heterocycles. The van der Waals surface area contributed by atoms with Crippen molar-refractivity contribution in [2.24, 2.45) is 10.9 Å². The summed E-state index contributed by atoms with van der Waals surface area (Å²) in [5, 5.41) is 0. The lowest BCUT2D eigenvalue weighted by Gasteiger charge is -2.42. The molecule has 0 spiro atoms. The molecule has 178 valence electrons. The van der Waals surface area contributed by atoms with E-state index in [1.165, 1.54) is 73.9 Å². The number of piperidine rings is 1. The zero-order chi connectivity index (χ0) is 23.1. The van der Waals surface area contributed by atoms with Gasteiger partial charge in [-0.3, -0.25) is 14.8 Å². The Hall–Kier alpha value is -2.53. The van der Waals surface area contributed by atoms with Gasteiger partial charge in [0, 0.05) is 48.7 Å². The molecule has 4 heterocycles. The summed E-state index contributed by atoms with van der Waals surface area (Å²) in [5.41, 5.74) is 8.23. The van der Waals surface area contributed by atoms with Crippen molar-refractivity contribution >= 4 is 11.6 Å². The highest BCUT2D eigenvalue weighted by Crippen LogP contribution is 2.32. The number of fused-ring (bicyclic) bond motifs is 2. The average molecular weight is 457 g/mol. The molecule has 1 saturated carbocycles. The lowest BCUT2D eigenvalue weighted by atomic mass is 9.88. The number of aliphatic imine (C=N–C) groups is 1. The molecule has 0 N–H and O–H groups in total. The molecule has 6 rings (SSSR count). The van der Waals surface area contributed by atoms with Crippen molar-refractivity contribution in [3.05, 3.63) is 64.0 Å². The summed E-state index contributed by atoms with van der Waals surface area (Å²) < 4.78 is 0. The SMILES string of the molecule is Cc1cc(C2=NCc3cc4c(cc32)CN([C@@H]2CCCN(CC3CCCCC3)C2)C(=O)C4)ccn1. The molecule has 0 bridgehead atoms. The summed E-state index contributed by atoms with van der Waals surface area (Å²) in [6.07, 6.45) is 11.7. The van der Waals surface area contributed by atoms with E-state index in [0.717, 1.165) is 42.4 Å². The van der Waals surface area contributed by atoms with Gasteiger partial charge in [0.2, 0.25) is 5.91 Å². The quantitative estimate of drug-likeness (QED) is 0.672. The van der Waals surface area contributed by atoms with Crippen molar-refractivity contribution in [3.8, 4) is 0 Å². The summed E-state index contributed by atoms with van der Waals surface area (Å²) in [5.74, 6) is 1.17. The van der Waals surface area contributed by atoms with Crippen molar-refractivity contribution in [1.82, 2.24) is 14.8 Å². The van der Waals surface area contributed by atoms with Crippen molar-refractivity contribution in [2.45, 2.75) is 77.4 Å². The van der Waals surface area contributed by atoms with Crippen LogP contribution in [0.1, 0.15) is 78.5 Å². The highest BCUT2D eigenvalue weighted by molar-refractivity contribution is 6.15. The number of rotatable bonds is 4. The topological polar surface area (TPSA) is 48.8 Å². The predicted molar refractivity (Wildman–Crippen MR) is 135 cm³/mol. The van der Waals surface area contributed by atoms with E-state index in [0.29, 0.717) is 24.9 Å². The van der Waals surface area contributed by atoms with Gasteiger partial charge in [-0.25, -0.2) is 0 Å². The molecular formula is C29H36N4O. The van der Waals surface area contributed by atoms with Gasteiger partial charge in [0.15, 0.2) is 0 Å². The highest BCUT2D eigenvalue weighted by Gasteiger charge is 2.34. The molecule has 2 fully saturated rings. The molecule has 4 aliphatic rings. The van der Waals surface area contributed by atoms with Gasteiger partial charge in [0.25, 0.3) is 0 Å². The standard InChI is InChI=1S/C29H36N4O/c1-20-12-22(9-10-30-20)29-27-14-25-18-33(28(34)15-23(25)13-24(27)16-31-29)26-8-5-11-32(19-26)17-21-6-3-2-4-7-21/h9-10,12-14,21,26H,2-8,11,15-19H2,1H3/t26-/m1/s1. The van der Waals surface area contributed by atoms with E-state index in [1.54, 1.807) is 0 Å². The molecule has 5 heteroatoms. The molecule has 1 atom stereocenters. The third-order valence-electron chi connectivity index (χ3n) is 8.42. The smallest absolute Gasteiger partial charge is 0.227 e. The molecule has 0 unspecified atom stereocenters. The molecule has 5 nitrogen and oxygen atoms in total. The van der Waals surface area contributed by atoms with Crippen LogP contribution in [0.15, 0.2) is 35.5 Å². The zero-order valence-electron chi connectivity index (χ0n) is 20.4. The fourth-order valence-corrected chi connectivity index (χ4v) is 6.65. The number of hydrogen-bond acceptors (Lipinski definition) is 4. The first-order valence-electron chi connectivity index (χ1n) is 13.3. The lowest BCUT2D eigenvalue weighted by Crippen LogP contribution is -2.52. The number of hydrogen-bond donors (Lipinski definition) is 0. The number of aryl methyl sites for hydroxylation is 1. The second-order valence-electron chi connectivity index (χ2n) is 10.9. The van der Waals surface area contributed by atoms with Crippen LogP contribution in [0.25, 0.3) is 0 Å². The average Bonchev–Trinajstić information content (AvgIpc) is 3.26. The Balaban J connectivity index is 1.20. The van der Waals surface area contributed by atoms with E-state index in [4.69, 9.17) is 4.99 Å². The fourth-order valence-electron chi connectivity index (χ4n) is 6.65. The van der Waals surface area contributed by atoms with Crippen LogP contribution in [-0.4, -0.2) is 52.1 Å². The van der Waals surface area contributed by atoms with Crippen molar-refractivity contribution in [3.63, 3.8) is 0 Å². The van der Waals surface area contributed by atoms with Crippen LogP contribution < -0.4 is 0 Å². The minimum atomic E-state index is 0.306. The molecule has 1 amide bonds. The molecule has 1 aromatic carbocycles. The second kappa shape index (κ2) is 9.26. The van der Waals surface area contributed by atoms with Crippen molar-refractivity contribution < 1.29 is 4.79 Å². The minimum Gasteiger partial charge on any atom is -0.334 e. The van der Waals surface area contributed by atoms with Crippen LogP contribution >= 0.6 is 0 Å². The van der Waals surface area contributed by atoms with Gasteiger partial charge < -0.3 is 9.80 Å². The molecule has 1 aromatic heterocycles. The Morgan fingerprint density at radius 2 is 1.88 bits per heavy atom. The number of amides is 1. The van der Waals surface area contributed by atoms with Crippen LogP contribution in [0.3, 0.4) is 0 Å². The van der Waals surface area contributed by atoms with E-state index in [-0.39, 0.29) is 0 Å². The highest BCUT2D eigenvalue weighted by atomic mass is 16.2. The Labute approximate surface area is 203 Å². The number of carbonyl (C=O) groups excluding carboxylic acids is 1. The molecule has 34 heavy (non-hydrogen) atoms. The number of carbonyl (C=O) groups is 1. The van der Waals surface area contributed by atoms with E-state index >= 15 is 0 Å². The van der Waals surface area contributed by atoms with Gasteiger partial charge in [-0.1, -0.05) is 25.3 Å². The maximum absolute atomic E-state index is 13.2. The van der Waals surface area contributed by atoms with E-state index in [2.05, 4.69) is 39.0 Å². The predicted octanol–water partition coefficient (Wildman–Crippen LogP) is 4.67. The first kappa shape index (κ1) is 22.0. The van der Waals surface area contributed by atoms with Gasteiger partial charge >= 0.3 is 0 Å². The van der Waals surface area contributed by atoms with Gasteiger partial charge in [0.05, 0.1) is 18.7 Å². The van der Waals surface area contributed by atoms with Crippen molar-refractivity contribution in [2.75, 3.05) is 19.6 Å². The minimum absolute atomic E-state index is 0.306. The first-order valence-corrected chi connectivity index (χ1v) is 13.3. The Bertz CT molecular complexity index is 1120. The second-order valence-corrected chi connectivity index (χ2v) is 10.9. The summed E-state index contributed by atoms with van der Waals surface area (Å²) >= 11 is 0. The number of aromatic nitrogens is 1. The molecular weight excluding hydrogens is 420 g/mol. The summed E-state index contributed by atoms with van der Waals surface area (Å²) in [4.78, 5) is 27.3. The van der Waals surface area contributed by atoms with Crippen LogP contribution in [0.4, 0.5) is 0 Å². The zero-order valence-corrected chi connectivity index (χ0v) is 20.4. The van der Waals surface area contributed by atoms with Crippen LogP contribution in [0.2, 0.25) is 0 Å². The van der Waals surface area contributed by atoms with E-state index in [9.17, 15) is 4.79 Å². The number of pyridine rings is 1. The van der Waals surface area contributed by atoms with Crippen LogP contribution in [-0.2, 0) is 24.3 Å². The Morgan fingerprint density at radius 1 is 1.00 bits per heavy atom. The number of nitrogens with zero attached hydrogens (tertiary/aromatic N) is 4. The first-order chi connectivity index (χ1) is 16.6. The molecule has 2 aromatic rings. The normalized spacial score (nSPS) is 23.6. The third kappa shape index (κ3) is 4.31. The summed E-state index contributed by atoms with van der Waals surface area (Å²) in [6.45, 7) is 6.95. The fraction of sp³-hybridized carbons (Fsp3) is 0.552. The van der Waals surface area contributed by atoms with Gasteiger partial charge in [-0.2, -0.15) is 0 Å². The van der Waals surface area contributed by atoms with Gasteiger partial charge in [-0.15, -0.1) is 0 Å². The summed E-state index contributed by atoms with van der Waals surface area (Å²) in [6, 6.07) is 9.10. The van der Waals surface area contributed by atoms with E-state index < -0.39 is 0 Å². The van der Waals surface area contributed by atoms with Crippen LogP contribution in [0, 0.1) is 12.8 Å². The Kier molecular flexibility index (Phi) is 5.98. The Morgan fingerprint density at radius 3 is 2.74 bits per heavy atom. The maximum atomic E-state index is 13.2. The summed E-state index contributed by atoms with van der Waals surface area (Å²) in [7, 11) is 0. The molecule has 1 aliphatic carbocycles. The van der Waals surface area contributed by atoms with Gasteiger partial charge in [0.1, 0.15) is 0 Å². The van der Waals surface area contributed by atoms with Gasteiger partial charge in [-0.05, 0) is 80.0 Å². The monoisotopic (exact) mass is 456 g/mol. The lowest BCUT2D eigenvalue weighted by molar-refractivity contribution is -0.135. The largest absolute Gasteiger partial charge is 0.334 e.